The summed E-state index contributed by atoms with van der Waals surface area (Å²) in [5, 5.41) is 0. The Labute approximate surface area is 243 Å². The minimum atomic E-state index is -0.287. The molecule has 1 aromatic rings. The lowest BCUT2D eigenvalue weighted by Crippen LogP contribution is -2.75. The molecule has 41 heavy (non-hydrogen) atoms. The van der Waals surface area contributed by atoms with E-state index < -0.39 is 0 Å². The summed E-state index contributed by atoms with van der Waals surface area (Å²) in [4.78, 5) is 16.2. The number of ether oxygens (including phenoxy) is 6. The van der Waals surface area contributed by atoms with E-state index in [-0.39, 0.29) is 70.6 Å². The zero-order valence-electron chi connectivity index (χ0n) is 25.3. The second-order valence-electron chi connectivity index (χ2n) is 13.4. The van der Waals surface area contributed by atoms with Gasteiger partial charge in [-0.3, -0.25) is 4.90 Å². The zero-order chi connectivity index (χ0) is 28.7. The van der Waals surface area contributed by atoms with Gasteiger partial charge in [0.2, 0.25) is 0 Å². The summed E-state index contributed by atoms with van der Waals surface area (Å²) in [6, 6.07) is 7.19. The molecule has 5 fully saturated rings. The fourth-order valence-electron chi connectivity index (χ4n) is 10.9. The van der Waals surface area contributed by atoms with E-state index in [1.54, 1.807) is 26.4 Å². The highest BCUT2D eigenvalue weighted by Gasteiger charge is 2.83. The molecule has 6 aliphatic rings. The number of esters is 1. The van der Waals surface area contributed by atoms with Gasteiger partial charge in [-0.25, -0.2) is 4.79 Å². The van der Waals surface area contributed by atoms with E-state index in [0.717, 1.165) is 38.8 Å². The average molecular weight is 568 g/mol. The lowest BCUT2D eigenvalue weighted by atomic mass is 9.38. The summed E-state index contributed by atoms with van der Waals surface area (Å²) in [7, 11) is 7.14. The lowest BCUT2D eigenvalue weighted by Gasteiger charge is -2.69. The van der Waals surface area contributed by atoms with Crippen LogP contribution in [0.4, 0.5) is 0 Å². The van der Waals surface area contributed by atoms with Crippen LogP contribution in [0.25, 0.3) is 0 Å². The van der Waals surface area contributed by atoms with Crippen molar-refractivity contribution in [3.05, 3.63) is 41.5 Å². The standard InChI is InChI=1S/C33H45NO7/c1-7-34-17-32(18-36-3)13-12-25(39-6)33-23-16-22-24(38-5)14-20(15-26(31(32,33)2)40-30(33)34)27(23)28(22)41-29(35)19-8-10-21(37-4)11-9-19/h8-11,15,22-28,30H,7,12-14,16-18H2,1-6H3/t22-,23-,24+,25+,26+,27-,28-,30-,31-,32-,33-/m1/s1. The first-order valence-corrected chi connectivity index (χ1v) is 15.3. The van der Waals surface area contributed by atoms with Crippen molar-refractivity contribution >= 4 is 5.97 Å². The minimum Gasteiger partial charge on any atom is -0.497 e. The van der Waals surface area contributed by atoms with Gasteiger partial charge in [0.25, 0.3) is 0 Å². The van der Waals surface area contributed by atoms with Crippen LogP contribution < -0.4 is 4.74 Å². The van der Waals surface area contributed by atoms with Crippen LogP contribution in [0.1, 0.15) is 49.9 Å². The maximum absolute atomic E-state index is 13.6. The lowest BCUT2D eigenvalue weighted by molar-refractivity contribution is -0.279. The Kier molecular flexibility index (Phi) is 6.64. The van der Waals surface area contributed by atoms with Crippen LogP contribution in [-0.2, 0) is 23.7 Å². The van der Waals surface area contributed by atoms with Crippen molar-refractivity contribution in [1.29, 1.82) is 0 Å². The number of piperidine rings is 1. The monoisotopic (exact) mass is 567 g/mol. The molecule has 7 bridgehead atoms. The van der Waals surface area contributed by atoms with Crippen LogP contribution in [0.3, 0.4) is 0 Å². The molecule has 0 spiro atoms. The quantitative estimate of drug-likeness (QED) is 0.340. The maximum atomic E-state index is 13.6. The minimum absolute atomic E-state index is 0.00619. The topological polar surface area (TPSA) is 75.7 Å². The van der Waals surface area contributed by atoms with Crippen molar-refractivity contribution in [2.45, 2.75) is 70.2 Å². The summed E-state index contributed by atoms with van der Waals surface area (Å²) in [6.07, 6.45) is 5.86. The molecule has 8 heteroatoms. The first-order valence-electron chi connectivity index (χ1n) is 15.3. The Morgan fingerprint density at radius 1 is 1.12 bits per heavy atom. The molecule has 11 atom stereocenters. The van der Waals surface area contributed by atoms with Gasteiger partial charge in [0.15, 0.2) is 0 Å². The third-order valence-electron chi connectivity index (χ3n) is 12.5. The van der Waals surface area contributed by atoms with E-state index in [2.05, 4.69) is 24.8 Å². The van der Waals surface area contributed by atoms with E-state index in [9.17, 15) is 4.79 Å². The fourth-order valence-corrected chi connectivity index (χ4v) is 10.9. The number of fused-ring (bicyclic) bond motifs is 1. The van der Waals surface area contributed by atoms with Gasteiger partial charge in [0, 0.05) is 56.0 Å². The average Bonchev–Trinajstić information content (AvgIpc) is 3.32. The third-order valence-corrected chi connectivity index (χ3v) is 12.5. The van der Waals surface area contributed by atoms with Crippen LogP contribution in [-0.4, -0.2) is 89.6 Å². The Hall–Kier alpha value is -1.97. The number of rotatable bonds is 8. The Morgan fingerprint density at radius 2 is 1.90 bits per heavy atom. The molecule has 224 valence electrons. The van der Waals surface area contributed by atoms with Gasteiger partial charge in [-0.2, -0.15) is 0 Å². The van der Waals surface area contributed by atoms with Crippen LogP contribution in [0, 0.1) is 34.0 Å². The highest BCUT2D eigenvalue weighted by atomic mass is 16.6. The van der Waals surface area contributed by atoms with Crippen molar-refractivity contribution in [3.63, 3.8) is 0 Å². The number of hydrogen-bond acceptors (Lipinski definition) is 8. The van der Waals surface area contributed by atoms with Crippen molar-refractivity contribution in [1.82, 2.24) is 4.90 Å². The molecule has 0 N–H and O–H groups in total. The van der Waals surface area contributed by atoms with E-state index in [1.807, 2.05) is 26.4 Å². The molecular formula is C33H45NO7. The maximum Gasteiger partial charge on any atom is 0.338 e. The molecule has 0 radical (unpaired) electrons. The van der Waals surface area contributed by atoms with Crippen molar-refractivity contribution in [3.8, 4) is 5.75 Å². The predicted molar refractivity (Wildman–Crippen MR) is 152 cm³/mol. The second-order valence-corrected chi connectivity index (χ2v) is 13.4. The van der Waals surface area contributed by atoms with Crippen molar-refractivity contribution < 1.29 is 33.2 Å². The largest absolute Gasteiger partial charge is 0.497 e. The van der Waals surface area contributed by atoms with E-state index in [1.165, 1.54) is 5.57 Å². The number of carbonyl (C=O) groups excluding carboxylic acids is 1. The van der Waals surface area contributed by atoms with Gasteiger partial charge in [-0.15, -0.1) is 0 Å². The molecule has 0 aromatic heterocycles. The van der Waals surface area contributed by atoms with E-state index >= 15 is 0 Å². The first-order chi connectivity index (χ1) is 19.8. The van der Waals surface area contributed by atoms with Crippen molar-refractivity contribution in [2.75, 3.05) is 48.1 Å². The summed E-state index contributed by atoms with van der Waals surface area (Å²) >= 11 is 0. The zero-order valence-corrected chi connectivity index (χ0v) is 25.3. The van der Waals surface area contributed by atoms with Gasteiger partial charge in [-0.05, 0) is 62.4 Å². The Bertz CT molecular complexity index is 1220. The first kappa shape index (κ1) is 27.8. The molecule has 2 aliphatic heterocycles. The van der Waals surface area contributed by atoms with E-state index in [0.29, 0.717) is 17.9 Å². The molecule has 2 heterocycles. The number of methoxy groups -OCH3 is 4. The highest BCUT2D eigenvalue weighted by molar-refractivity contribution is 5.89. The summed E-state index contributed by atoms with van der Waals surface area (Å²) in [6.45, 7) is 7.29. The van der Waals surface area contributed by atoms with Crippen LogP contribution in [0.15, 0.2) is 35.9 Å². The fraction of sp³-hybridized carbons (Fsp3) is 0.727. The van der Waals surface area contributed by atoms with Crippen LogP contribution in [0.2, 0.25) is 0 Å². The Morgan fingerprint density at radius 3 is 2.56 bits per heavy atom. The molecule has 1 aromatic carbocycles. The molecule has 3 saturated carbocycles. The number of hydrogen-bond donors (Lipinski definition) is 0. The van der Waals surface area contributed by atoms with Gasteiger partial charge >= 0.3 is 5.97 Å². The van der Waals surface area contributed by atoms with Gasteiger partial charge in [-0.1, -0.05) is 25.5 Å². The molecule has 7 rings (SSSR count). The number of carbonyl (C=O) groups is 1. The molecule has 0 unspecified atom stereocenters. The van der Waals surface area contributed by atoms with Crippen LogP contribution in [0.5, 0.6) is 5.75 Å². The van der Waals surface area contributed by atoms with Gasteiger partial charge in [0.1, 0.15) is 18.1 Å². The molecular weight excluding hydrogens is 522 g/mol. The van der Waals surface area contributed by atoms with Gasteiger partial charge in [0.05, 0.1) is 37.6 Å². The Balaban J connectivity index is 1.37. The molecule has 0 amide bonds. The molecule has 8 nitrogen and oxygen atoms in total. The highest BCUT2D eigenvalue weighted by Crippen LogP contribution is 2.79. The molecule has 4 aliphatic carbocycles. The number of benzene rings is 1. The number of nitrogens with zero attached hydrogens (tertiary/aromatic N) is 1. The van der Waals surface area contributed by atoms with Crippen LogP contribution >= 0.6 is 0 Å². The SMILES string of the molecule is CCN1C[C@@]2(COC)CC[C@H](OC)[C@]34[C@@H]5C[C@H]6[C@@H](OC(=O)c7ccc(OC)cc7)[C@@H]5C(=C[C@H](O[C@@H]13)[C@]24C)C[C@@H]6OC. The van der Waals surface area contributed by atoms with Gasteiger partial charge < -0.3 is 28.4 Å². The van der Waals surface area contributed by atoms with E-state index in [4.69, 9.17) is 28.4 Å². The van der Waals surface area contributed by atoms with Crippen molar-refractivity contribution in [2.24, 2.45) is 34.0 Å². The summed E-state index contributed by atoms with van der Waals surface area (Å²) in [5.41, 5.74) is 1.34. The third kappa shape index (κ3) is 3.37. The molecule has 2 saturated heterocycles. The second kappa shape index (κ2) is 9.78. The smallest absolute Gasteiger partial charge is 0.338 e. The summed E-state index contributed by atoms with van der Waals surface area (Å²) < 4.78 is 37.7. The normalized spacial score (nSPS) is 45.7. The number of likely N-dealkylation sites (tertiary alicyclic amines) is 1. The predicted octanol–water partition coefficient (Wildman–Crippen LogP) is 4.33. The summed E-state index contributed by atoms with van der Waals surface area (Å²) in [5.74, 6) is 0.872.